The number of benzene rings is 1. The molecule has 5 heteroatoms. The summed E-state index contributed by atoms with van der Waals surface area (Å²) in [4.78, 5) is 23.1. The molecular formula is C14H15BrO4. The molecule has 0 aliphatic heterocycles. The average molecular weight is 327 g/mol. The van der Waals surface area contributed by atoms with Crippen LogP contribution in [0.5, 0.6) is 0 Å². The minimum absolute atomic E-state index is 0.440. The molecule has 19 heavy (non-hydrogen) atoms. The first-order valence-electron chi connectivity index (χ1n) is 5.95. The van der Waals surface area contributed by atoms with Gasteiger partial charge in [-0.05, 0) is 24.0 Å². The molecular weight excluding hydrogens is 312 g/mol. The number of aliphatic carboxylic acids is 2. The molecule has 0 aromatic heterocycles. The van der Waals surface area contributed by atoms with Crippen LogP contribution in [0, 0.1) is 11.3 Å². The molecule has 3 unspecified atom stereocenters. The lowest BCUT2D eigenvalue weighted by molar-refractivity contribution is -0.149. The SMILES string of the molecule is CC1C(C)(C(=O)O)C1(C(=O)O)c1ccc(CBr)cc1. The van der Waals surface area contributed by atoms with Gasteiger partial charge in [-0.25, -0.2) is 0 Å². The van der Waals surface area contributed by atoms with Crippen molar-refractivity contribution in [3.05, 3.63) is 35.4 Å². The molecule has 0 heterocycles. The van der Waals surface area contributed by atoms with Crippen molar-refractivity contribution >= 4 is 27.9 Å². The Balaban J connectivity index is 2.54. The molecule has 102 valence electrons. The monoisotopic (exact) mass is 326 g/mol. The van der Waals surface area contributed by atoms with Crippen molar-refractivity contribution in [3.63, 3.8) is 0 Å². The van der Waals surface area contributed by atoms with Gasteiger partial charge in [0.25, 0.3) is 0 Å². The van der Waals surface area contributed by atoms with Gasteiger partial charge >= 0.3 is 11.9 Å². The quantitative estimate of drug-likeness (QED) is 0.834. The molecule has 1 aliphatic rings. The predicted octanol–water partition coefficient (Wildman–Crippen LogP) is 2.64. The average Bonchev–Trinajstić information content (AvgIpc) is 2.90. The smallest absolute Gasteiger partial charge is 0.315 e. The van der Waals surface area contributed by atoms with E-state index in [-0.39, 0.29) is 0 Å². The maximum Gasteiger partial charge on any atom is 0.315 e. The van der Waals surface area contributed by atoms with E-state index >= 15 is 0 Å². The largest absolute Gasteiger partial charge is 0.481 e. The summed E-state index contributed by atoms with van der Waals surface area (Å²) in [7, 11) is 0. The zero-order chi connectivity index (χ0) is 14.4. The van der Waals surface area contributed by atoms with Crippen LogP contribution in [0.3, 0.4) is 0 Å². The molecule has 1 aromatic carbocycles. The molecule has 1 aliphatic carbocycles. The van der Waals surface area contributed by atoms with Crippen LogP contribution in [-0.4, -0.2) is 22.2 Å². The second-order valence-corrected chi connectivity index (χ2v) is 5.73. The van der Waals surface area contributed by atoms with Crippen molar-refractivity contribution in [2.75, 3.05) is 0 Å². The summed E-state index contributed by atoms with van der Waals surface area (Å²) in [6.45, 7) is 3.19. The Hall–Kier alpha value is -1.36. The van der Waals surface area contributed by atoms with Crippen molar-refractivity contribution in [1.82, 2.24) is 0 Å². The highest BCUT2D eigenvalue weighted by Crippen LogP contribution is 2.69. The highest BCUT2D eigenvalue weighted by atomic mass is 79.9. The zero-order valence-corrected chi connectivity index (χ0v) is 12.3. The fraction of sp³-hybridized carbons (Fsp3) is 0.429. The van der Waals surface area contributed by atoms with Crippen LogP contribution in [0.15, 0.2) is 24.3 Å². The van der Waals surface area contributed by atoms with Crippen LogP contribution in [0.25, 0.3) is 0 Å². The first-order chi connectivity index (χ1) is 8.83. The van der Waals surface area contributed by atoms with E-state index in [1.165, 1.54) is 6.92 Å². The number of hydrogen-bond donors (Lipinski definition) is 2. The fourth-order valence-corrected chi connectivity index (χ4v) is 3.51. The van der Waals surface area contributed by atoms with Crippen molar-refractivity contribution in [2.24, 2.45) is 11.3 Å². The molecule has 1 aromatic rings. The van der Waals surface area contributed by atoms with E-state index < -0.39 is 28.7 Å². The van der Waals surface area contributed by atoms with Crippen LogP contribution < -0.4 is 0 Å². The van der Waals surface area contributed by atoms with E-state index in [1.807, 2.05) is 12.1 Å². The van der Waals surface area contributed by atoms with E-state index in [1.54, 1.807) is 19.1 Å². The molecule has 0 radical (unpaired) electrons. The predicted molar refractivity (Wildman–Crippen MR) is 73.3 cm³/mol. The van der Waals surface area contributed by atoms with E-state index in [0.717, 1.165) is 5.56 Å². The summed E-state index contributed by atoms with van der Waals surface area (Å²) in [6, 6.07) is 7.08. The normalized spacial score (nSPS) is 32.9. The van der Waals surface area contributed by atoms with E-state index in [2.05, 4.69) is 15.9 Å². The Labute approximate surface area is 119 Å². The minimum Gasteiger partial charge on any atom is -0.481 e. The Morgan fingerprint density at radius 2 is 1.74 bits per heavy atom. The highest BCUT2D eigenvalue weighted by Gasteiger charge is 2.81. The van der Waals surface area contributed by atoms with Gasteiger partial charge in [0.2, 0.25) is 0 Å². The molecule has 1 fully saturated rings. The summed E-state index contributed by atoms with van der Waals surface area (Å²) in [6.07, 6.45) is 0. The van der Waals surface area contributed by atoms with Gasteiger partial charge in [0, 0.05) is 5.33 Å². The lowest BCUT2D eigenvalue weighted by atomic mass is 9.86. The number of alkyl halides is 1. The summed E-state index contributed by atoms with van der Waals surface area (Å²) < 4.78 is 0. The first kappa shape index (κ1) is 14.1. The summed E-state index contributed by atoms with van der Waals surface area (Å²) in [5.41, 5.74) is -1.00. The van der Waals surface area contributed by atoms with Gasteiger partial charge in [-0.1, -0.05) is 47.1 Å². The van der Waals surface area contributed by atoms with Gasteiger partial charge in [-0.2, -0.15) is 0 Å². The number of carbonyl (C=O) groups is 2. The molecule has 3 atom stereocenters. The number of halogens is 1. The van der Waals surface area contributed by atoms with Gasteiger partial charge in [-0.15, -0.1) is 0 Å². The molecule has 2 rings (SSSR count). The van der Waals surface area contributed by atoms with E-state index in [4.69, 9.17) is 0 Å². The molecule has 0 spiro atoms. The minimum atomic E-state index is -1.33. The Bertz CT molecular complexity index is 539. The summed E-state index contributed by atoms with van der Waals surface area (Å²) >= 11 is 3.32. The van der Waals surface area contributed by atoms with Crippen LogP contribution >= 0.6 is 15.9 Å². The number of carboxylic acids is 2. The summed E-state index contributed by atoms with van der Waals surface area (Å²) in [5.74, 6) is -2.58. The van der Waals surface area contributed by atoms with Crippen LogP contribution in [-0.2, 0) is 20.3 Å². The Morgan fingerprint density at radius 3 is 2.05 bits per heavy atom. The van der Waals surface area contributed by atoms with E-state index in [9.17, 15) is 19.8 Å². The third-order valence-electron chi connectivity index (χ3n) is 4.60. The molecule has 4 nitrogen and oxygen atoms in total. The van der Waals surface area contributed by atoms with Crippen molar-refractivity contribution in [3.8, 4) is 0 Å². The van der Waals surface area contributed by atoms with Crippen LogP contribution in [0.4, 0.5) is 0 Å². The first-order valence-corrected chi connectivity index (χ1v) is 7.07. The van der Waals surface area contributed by atoms with Gasteiger partial charge < -0.3 is 10.2 Å². The Morgan fingerprint density at radius 1 is 1.21 bits per heavy atom. The van der Waals surface area contributed by atoms with Crippen LogP contribution in [0.2, 0.25) is 0 Å². The lowest BCUT2D eigenvalue weighted by Crippen LogP contribution is -2.31. The molecule has 1 saturated carbocycles. The van der Waals surface area contributed by atoms with Crippen molar-refractivity contribution in [2.45, 2.75) is 24.6 Å². The number of carboxylic acid groups (broad SMARTS) is 2. The van der Waals surface area contributed by atoms with Gasteiger partial charge in [0.1, 0.15) is 5.41 Å². The second-order valence-electron chi connectivity index (χ2n) is 5.17. The maximum absolute atomic E-state index is 11.7. The third-order valence-corrected chi connectivity index (χ3v) is 5.24. The topological polar surface area (TPSA) is 74.6 Å². The van der Waals surface area contributed by atoms with Gasteiger partial charge in [0.05, 0.1) is 5.41 Å². The zero-order valence-electron chi connectivity index (χ0n) is 10.7. The van der Waals surface area contributed by atoms with Gasteiger partial charge in [0.15, 0.2) is 0 Å². The van der Waals surface area contributed by atoms with Crippen LogP contribution in [0.1, 0.15) is 25.0 Å². The number of hydrogen-bond acceptors (Lipinski definition) is 2. The molecule has 0 bridgehead atoms. The third kappa shape index (κ3) is 1.57. The Kier molecular flexibility index (Phi) is 3.21. The lowest BCUT2D eigenvalue weighted by Gasteiger charge is -2.16. The maximum atomic E-state index is 11.7. The standard InChI is InChI=1S/C14H15BrO4/c1-8-13(2,11(16)17)14(8,12(18)19)10-5-3-9(7-15)4-6-10/h3-6,8H,7H2,1-2H3,(H,16,17)(H,18,19). The van der Waals surface area contributed by atoms with Crippen molar-refractivity contribution < 1.29 is 19.8 Å². The number of rotatable bonds is 4. The molecule has 0 amide bonds. The molecule has 2 N–H and O–H groups in total. The summed E-state index contributed by atoms with van der Waals surface area (Å²) in [5, 5.41) is 19.6. The van der Waals surface area contributed by atoms with Gasteiger partial charge in [-0.3, -0.25) is 9.59 Å². The molecule has 0 saturated heterocycles. The second kappa shape index (κ2) is 4.34. The van der Waals surface area contributed by atoms with Crippen molar-refractivity contribution in [1.29, 1.82) is 0 Å². The highest BCUT2D eigenvalue weighted by molar-refractivity contribution is 9.08. The van der Waals surface area contributed by atoms with E-state index in [0.29, 0.717) is 10.9 Å². The fourth-order valence-electron chi connectivity index (χ4n) is 3.13.